The van der Waals surface area contributed by atoms with Crippen molar-refractivity contribution in [3.63, 3.8) is 0 Å². The van der Waals surface area contributed by atoms with Gasteiger partial charge in [0.05, 0.1) is 5.56 Å². The number of ether oxygens (including phenoxy) is 1. The summed E-state index contributed by atoms with van der Waals surface area (Å²) < 4.78 is 7.88. The Morgan fingerprint density at radius 1 is 1.03 bits per heavy atom. The third-order valence-electron chi connectivity index (χ3n) is 5.94. The molecule has 5 rings (SSSR count). The van der Waals surface area contributed by atoms with E-state index in [4.69, 9.17) is 9.57 Å². The quantitative estimate of drug-likeness (QED) is 0.0906. The third kappa shape index (κ3) is 4.57. The lowest BCUT2D eigenvalue weighted by Gasteiger charge is -2.05. The molecule has 0 amide bonds. The van der Waals surface area contributed by atoms with Crippen LogP contribution in [0.5, 0.6) is 5.75 Å². The zero-order valence-corrected chi connectivity index (χ0v) is 20.7. The van der Waals surface area contributed by atoms with Crippen LogP contribution in [0.4, 0.5) is 0 Å². The minimum absolute atomic E-state index is 0.138. The summed E-state index contributed by atoms with van der Waals surface area (Å²) in [5.41, 5.74) is 2.10. The van der Waals surface area contributed by atoms with Gasteiger partial charge in [0.15, 0.2) is 5.76 Å². The summed E-state index contributed by atoms with van der Waals surface area (Å²) in [5, 5.41) is 5.75. The topological polar surface area (TPSA) is 82.0 Å². The van der Waals surface area contributed by atoms with Gasteiger partial charge in [0.1, 0.15) is 11.5 Å². The number of nitrogens with zero attached hydrogens (tertiary/aromatic N) is 1. The minimum atomic E-state index is -0.564. The highest BCUT2D eigenvalue weighted by Gasteiger charge is 2.26. The standard InChI is InChI=1S/C29H23NO5S/c1-3-4-8-23(30-35-17(2)31)28(32)19-11-13-27-22(16-19)21-14-18(10-12-26(21)36-27)15-25-29(33)20-7-5-6-9-24(20)34-25/h5-7,9-16H,3-4,8H2,1-2H3. The van der Waals surface area contributed by atoms with Gasteiger partial charge in [0.2, 0.25) is 11.6 Å². The number of hydrogen-bond acceptors (Lipinski definition) is 7. The average Bonchev–Trinajstić information content (AvgIpc) is 3.40. The van der Waals surface area contributed by atoms with Crippen molar-refractivity contribution < 1.29 is 24.0 Å². The van der Waals surface area contributed by atoms with Crippen LogP contribution in [0.25, 0.3) is 26.2 Å². The molecule has 0 N–H and O–H groups in total. The number of para-hydroxylation sites is 1. The third-order valence-corrected chi connectivity index (χ3v) is 7.09. The molecule has 0 fully saturated rings. The van der Waals surface area contributed by atoms with Crippen LogP contribution in [-0.2, 0) is 9.63 Å². The fourth-order valence-corrected chi connectivity index (χ4v) is 5.21. The van der Waals surface area contributed by atoms with E-state index in [0.29, 0.717) is 23.3 Å². The smallest absolute Gasteiger partial charge is 0.331 e. The molecule has 7 heteroatoms. The molecule has 1 aromatic heterocycles. The summed E-state index contributed by atoms with van der Waals surface area (Å²) in [6, 6.07) is 18.7. The second-order valence-corrected chi connectivity index (χ2v) is 9.64. The summed E-state index contributed by atoms with van der Waals surface area (Å²) in [5.74, 6) is -0.112. The van der Waals surface area contributed by atoms with Gasteiger partial charge in [-0.3, -0.25) is 9.59 Å². The summed E-state index contributed by atoms with van der Waals surface area (Å²) in [7, 11) is 0. The number of thiophene rings is 1. The molecule has 0 saturated carbocycles. The van der Waals surface area contributed by atoms with Crippen molar-refractivity contribution in [2.75, 3.05) is 0 Å². The van der Waals surface area contributed by atoms with Crippen LogP contribution in [0.2, 0.25) is 0 Å². The lowest BCUT2D eigenvalue weighted by atomic mass is 10.00. The largest absolute Gasteiger partial charge is 0.452 e. The lowest BCUT2D eigenvalue weighted by Crippen LogP contribution is -2.15. The van der Waals surface area contributed by atoms with Crippen molar-refractivity contribution in [3.05, 3.63) is 83.1 Å². The van der Waals surface area contributed by atoms with Gasteiger partial charge in [0, 0.05) is 32.7 Å². The number of unbranched alkanes of at least 4 members (excludes halogenated alkanes) is 1. The molecule has 0 bridgehead atoms. The summed E-state index contributed by atoms with van der Waals surface area (Å²) >= 11 is 1.63. The maximum Gasteiger partial charge on any atom is 0.331 e. The molecule has 2 heterocycles. The van der Waals surface area contributed by atoms with E-state index < -0.39 is 5.97 Å². The first-order chi connectivity index (χ1) is 17.4. The number of benzene rings is 3. The number of oxime groups is 1. The zero-order chi connectivity index (χ0) is 25.2. The van der Waals surface area contributed by atoms with Crippen molar-refractivity contribution in [1.29, 1.82) is 0 Å². The van der Waals surface area contributed by atoms with Gasteiger partial charge in [-0.2, -0.15) is 0 Å². The van der Waals surface area contributed by atoms with E-state index in [1.54, 1.807) is 35.6 Å². The van der Waals surface area contributed by atoms with Crippen molar-refractivity contribution in [3.8, 4) is 5.75 Å². The first kappa shape index (κ1) is 23.6. The zero-order valence-electron chi connectivity index (χ0n) is 19.9. The van der Waals surface area contributed by atoms with Crippen molar-refractivity contribution in [1.82, 2.24) is 0 Å². The lowest BCUT2D eigenvalue weighted by molar-refractivity contribution is -0.140. The Bertz CT molecular complexity index is 1590. The second kappa shape index (κ2) is 9.87. The van der Waals surface area contributed by atoms with Gasteiger partial charge < -0.3 is 9.57 Å². The Morgan fingerprint density at radius 2 is 1.78 bits per heavy atom. The van der Waals surface area contributed by atoms with Crippen LogP contribution >= 0.6 is 11.3 Å². The van der Waals surface area contributed by atoms with Crippen LogP contribution in [0.3, 0.4) is 0 Å². The van der Waals surface area contributed by atoms with Crippen LogP contribution in [0.1, 0.15) is 59.4 Å². The Labute approximate surface area is 211 Å². The molecule has 0 atom stereocenters. The van der Waals surface area contributed by atoms with Crippen molar-refractivity contribution in [2.45, 2.75) is 33.1 Å². The number of allylic oxidation sites excluding steroid dienone is 1. The van der Waals surface area contributed by atoms with E-state index in [1.807, 2.05) is 49.4 Å². The van der Waals surface area contributed by atoms with Gasteiger partial charge in [-0.15, -0.1) is 11.3 Å². The van der Waals surface area contributed by atoms with Crippen LogP contribution in [-0.4, -0.2) is 23.2 Å². The molecule has 3 aromatic carbocycles. The van der Waals surface area contributed by atoms with Crippen LogP contribution in [0.15, 0.2) is 71.6 Å². The fourth-order valence-electron chi connectivity index (χ4n) is 4.14. The van der Waals surface area contributed by atoms with Crippen molar-refractivity contribution in [2.24, 2.45) is 5.16 Å². The Kier molecular flexibility index (Phi) is 6.48. The summed E-state index contributed by atoms with van der Waals surface area (Å²) in [6.45, 7) is 3.28. The van der Waals surface area contributed by atoms with Gasteiger partial charge in [-0.1, -0.05) is 36.7 Å². The van der Waals surface area contributed by atoms with E-state index in [0.717, 1.165) is 38.6 Å². The summed E-state index contributed by atoms with van der Waals surface area (Å²) in [4.78, 5) is 41.9. The molecule has 0 unspecified atom stereocenters. The Morgan fingerprint density at radius 3 is 2.53 bits per heavy atom. The molecule has 0 saturated heterocycles. The van der Waals surface area contributed by atoms with Gasteiger partial charge in [-0.25, -0.2) is 4.79 Å². The molecule has 1 aliphatic rings. The molecular weight excluding hydrogens is 474 g/mol. The van der Waals surface area contributed by atoms with E-state index in [-0.39, 0.29) is 23.0 Å². The van der Waals surface area contributed by atoms with E-state index >= 15 is 0 Å². The molecule has 4 aromatic rings. The number of carbonyl (C=O) groups excluding carboxylic acids is 3. The number of Topliss-reactive ketones (excluding diaryl/α,β-unsaturated/α-hetero) is 2. The highest BCUT2D eigenvalue weighted by molar-refractivity contribution is 7.25. The Balaban J connectivity index is 1.51. The fraction of sp³-hybridized carbons (Fsp3) is 0.172. The monoisotopic (exact) mass is 497 g/mol. The number of ketones is 2. The van der Waals surface area contributed by atoms with Gasteiger partial charge in [-0.05, 0) is 66.9 Å². The first-order valence-electron chi connectivity index (χ1n) is 11.7. The summed E-state index contributed by atoms with van der Waals surface area (Å²) in [6.07, 6.45) is 3.82. The highest BCUT2D eigenvalue weighted by atomic mass is 32.1. The number of fused-ring (bicyclic) bond motifs is 4. The van der Waals surface area contributed by atoms with E-state index in [2.05, 4.69) is 5.16 Å². The molecule has 180 valence electrons. The Hall–Kier alpha value is -4.10. The van der Waals surface area contributed by atoms with E-state index in [9.17, 15) is 14.4 Å². The SMILES string of the molecule is CCCCC(=NOC(C)=O)C(=O)c1ccc2sc3ccc(C=C4Oc5ccccc5C4=O)cc3c2c1. The predicted octanol–water partition coefficient (Wildman–Crippen LogP) is 6.96. The molecule has 0 aliphatic carbocycles. The van der Waals surface area contributed by atoms with Crippen molar-refractivity contribution >= 4 is 60.8 Å². The predicted molar refractivity (Wildman–Crippen MR) is 142 cm³/mol. The normalized spacial score (nSPS) is 14.3. The number of carbonyl (C=O) groups is 3. The molecule has 6 nitrogen and oxygen atoms in total. The van der Waals surface area contributed by atoms with Crippen LogP contribution in [0, 0.1) is 0 Å². The maximum absolute atomic E-state index is 13.2. The van der Waals surface area contributed by atoms with Gasteiger partial charge in [0.25, 0.3) is 0 Å². The first-order valence-corrected chi connectivity index (χ1v) is 12.5. The van der Waals surface area contributed by atoms with Crippen LogP contribution < -0.4 is 4.74 Å². The number of rotatable bonds is 7. The molecule has 0 radical (unpaired) electrons. The van der Waals surface area contributed by atoms with E-state index in [1.165, 1.54) is 6.92 Å². The maximum atomic E-state index is 13.2. The average molecular weight is 498 g/mol. The molecule has 1 aliphatic heterocycles. The minimum Gasteiger partial charge on any atom is -0.452 e. The number of hydrogen-bond donors (Lipinski definition) is 0. The highest BCUT2D eigenvalue weighted by Crippen LogP contribution is 2.36. The molecule has 0 spiro atoms. The molecular formula is C29H23NO5S. The molecule has 36 heavy (non-hydrogen) atoms. The second-order valence-electron chi connectivity index (χ2n) is 8.56. The van der Waals surface area contributed by atoms with Gasteiger partial charge >= 0.3 is 5.97 Å².